The van der Waals surface area contributed by atoms with E-state index in [1.165, 1.54) is 19.3 Å². The lowest BCUT2D eigenvalue weighted by Gasteiger charge is -2.04. The van der Waals surface area contributed by atoms with Gasteiger partial charge in [-0.25, -0.2) is 4.79 Å². The van der Waals surface area contributed by atoms with Crippen LogP contribution in [0.3, 0.4) is 0 Å². The lowest BCUT2D eigenvalue weighted by Crippen LogP contribution is -2.02. The van der Waals surface area contributed by atoms with Crippen molar-refractivity contribution in [2.45, 2.75) is 83.7 Å². The molecule has 0 bridgehead atoms. The number of hydrogen-bond donors (Lipinski definition) is 2. The molecule has 0 aromatic heterocycles. The largest absolute Gasteiger partial charge is 0.389 e. The van der Waals surface area contributed by atoms with Crippen molar-refractivity contribution < 1.29 is 20.0 Å². The van der Waals surface area contributed by atoms with Gasteiger partial charge in [0.15, 0.2) is 0 Å². The molecule has 0 radical (unpaired) electrons. The highest BCUT2D eigenvalue weighted by molar-refractivity contribution is 5.68. The van der Waals surface area contributed by atoms with E-state index in [0.29, 0.717) is 6.42 Å². The van der Waals surface area contributed by atoms with Crippen LogP contribution in [0, 0.1) is 0 Å². The molecule has 4 nitrogen and oxygen atoms in total. The third kappa shape index (κ3) is 15.3. The summed E-state index contributed by atoms with van der Waals surface area (Å²) < 4.78 is 0. The summed E-state index contributed by atoms with van der Waals surface area (Å²) in [7, 11) is 0. The number of hydrogen-bond acceptors (Lipinski definition) is 4. The minimum Gasteiger partial charge on any atom is -0.389 e. The normalized spacial score (nSPS) is 13.0. The summed E-state index contributed by atoms with van der Waals surface area (Å²) in [5, 5.41) is 17.9. The summed E-state index contributed by atoms with van der Waals surface area (Å²) >= 11 is 0. The Kier molecular flexibility index (Phi) is 15.4. The molecule has 0 aliphatic carbocycles. The highest BCUT2D eigenvalue weighted by Gasteiger charge is 2.02. The number of carbonyl (C=O) groups excluding carboxylic acids is 1. The van der Waals surface area contributed by atoms with Gasteiger partial charge < -0.3 is 9.99 Å². The van der Waals surface area contributed by atoms with Crippen LogP contribution in [0.2, 0.25) is 0 Å². The lowest BCUT2D eigenvalue weighted by atomic mass is 10.1. The molecule has 0 aromatic carbocycles. The minimum atomic E-state index is -0.578. The second kappa shape index (κ2) is 16.2. The Balaban J connectivity index is 3.43. The quantitative estimate of drug-likeness (QED) is 0.209. The predicted octanol–water partition coefficient (Wildman–Crippen LogP) is 4.79. The van der Waals surface area contributed by atoms with E-state index < -0.39 is 5.97 Å². The maximum Gasteiger partial charge on any atom is 0.342 e. The molecule has 22 heavy (non-hydrogen) atoms. The molecule has 0 aliphatic heterocycles. The number of aliphatic hydroxyl groups excluding tert-OH is 1. The van der Waals surface area contributed by atoms with Crippen molar-refractivity contribution in [2.24, 2.45) is 0 Å². The van der Waals surface area contributed by atoms with Gasteiger partial charge in [0, 0.05) is 6.42 Å². The van der Waals surface area contributed by atoms with Crippen molar-refractivity contribution >= 4 is 5.97 Å². The van der Waals surface area contributed by atoms with Crippen molar-refractivity contribution in [1.29, 1.82) is 0 Å². The summed E-state index contributed by atoms with van der Waals surface area (Å²) in [5.74, 6) is -0.578. The van der Waals surface area contributed by atoms with Crippen molar-refractivity contribution in [3.8, 4) is 0 Å². The van der Waals surface area contributed by atoms with Gasteiger partial charge in [-0.1, -0.05) is 63.3 Å². The zero-order chi connectivity index (χ0) is 16.5. The fourth-order valence-corrected chi connectivity index (χ4v) is 2.16. The third-order valence-corrected chi connectivity index (χ3v) is 3.50. The minimum absolute atomic E-state index is 0.254. The molecule has 0 aromatic rings. The Bertz CT molecular complexity index is 310. The molecule has 1 unspecified atom stereocenters. The third-order valence-electron chi connectivity index (χ3n) is 3.50. The van der Waals surface area contributed by atoms with E-state index in [0.717, 1.165) is 38.5 Å². The summed E-state index contributed by atoms with van der Waals surface area (Å²) in [6, 6.07) is 0. The molecule has 1 atom stereocenters. The Morgan fingerprint density at radius 1 is 1.05 bits per heavy atom. The maximum absolute atomic E-state index is 10.7. The fraction of sp³-hybridized carbons (Fsp3) is 0.722. The summed E-state index contributed by atoms with van der Waals surface area (Å²) in [6.07, 6.45) is 18.2. The van der Waals surface area contributed by atoms with Crippen molar-refractivity contribution in [1.82, 2.24) is 0 Å². The Labute approximate surface area is 134 Å². The number of rotatable bonds is 14. The monoisotopic (exact) mass is 312 g/mol. The zero-order valence-corrected chi connectivity index (χ0v) is 13.9. The first-order valence-corrected chi connectivity index (χ1v) is 8.54. The van der Waals surface area contributed by atoms with Crippen LogP contribution in [-0.2, 0) is 9.68 Å². The van der Waals surface area contributed by atoms with Crippen LogP contribution in [0.15, 0.2) is 24.3 Å². The van der Waals surface area contributed by atoms with E-state index in [1.54, 1.807) is 0 Å². The van der Waals surface area contributed by atoms with Crippen LogP contribution in [-0.4, -0.2) is 22.4 Å². The number of aliphatic hydroxyl groups is 1. The van der Waals surface area contributed by atoms with Gasteiger partial charge in [-0.15, -0.1) is 0 Å². The van der Waals surface area contributed by atoms with Gasteiger partial charge in [0.25, 0.3) is 0 Å². The molecule has 0 saturated carbocycles. The molecule has 0 amide bonds. The maximum atomic E-state index is 10.7. The average molecular weight is 312 g/mol. The topological polar surface area (TPSA) is 66.8 Å². The van der Waals surface area contributed by atoms with Crippen LogP contribution < -0.4 is 0 Å². The molecule has 0 aliphatic rings. The zero-order valence-electron chi connectivity index (χ0n) is 13.9. The molecule has 4 heteroatoms. The molecule has 0 fully saturated rings. The summed E-state index contributed by atoms with van der Waals surface area (Å²) in [4.78, 5) is 14.3. The van der Waals surface area contributed by atoms with Crippen molar-refractivity contribution in [3.05, 3.63) is 24.3 Å². The van der Waals surface area contributed by atoms with E-state index in [-0.39, 0.29) is 12.5 Å². The first-order valence-electron chi connectivity index (χ1n) is 8.54. The highest BCUT2D eigenvalue weighted by Crippen LogP contribution is 2.09. The van der Waals surface area contributed by atoms with Gasteiger partial charge in [-0.3, -0.25) is 0 Å². The van der Waals surface area contributed by atoms with E-state index in [4.69, 9.17) is 5.26 Å². The van der Waals surface area contributed by atoms with Gasteiger partial charge in [0.05, 0.1) is 6.10 Å². The van der Waals surface area contributed by atoms with Gasteiger partial charge >= 0.3 is 5.97 Å². The van der Waals surface area contributed by atoms with Gasteiger partial charge in [0.1, 0.15) is 0 Å². The SMILES string of the molecule is CCCCCC=CCC=CC(O)CCCCCCC(=O)OO. The van der Waals surface area contributed by atoms with Gasteiger partial charge in [-0.05, 0) is 32.1 Å². The second-order valence-electron chi connectivity index (χ2n) is 5.61. The Hall–Kier alpha value is -1.13. The molecule has 0 rings (SSSR count). The number of carbonyl (C=O) groups is 1. The molecule has 0 spiro atoms. The number of unbranched alkanes of at least 4 members (excludes halogenated alkanes) is 6. The lowest BCUT2D eigenvalue weighted by molar-refractivity contribution is -0.234. The second-order valence-corrected chi connectivity index (χ2v) is 5.61. The fourth-order valence-electron chi connectivity index (χ4n) is 2.16. The standard InChI is InChI=1S/C18H32O4/c1-2-3-4-5-6-7-8-11-14-17(19)15-12-9-10-13-16-18(20)22-21/h6-7,11,14,17,19,21H,2-5,8-10,12-13,15-16H2,1H3. The van der Waals surface area contributed by atoms with Crippen LogP contribution >= 0.6 is 0 Å². The van der Waals surface area contributed by atoms with Crippen molar-refractivity contribution in [3.63, 3.8) is 0 Å². The van der Waals surface area contributed by atoms with Crippen LogP contribution in [0.1, 0.15) is 77.6 Å². The average Bonchev–Trinajstić information content (AvgIpc) is 2.52. The smallest absolute Gasteiger partial charge is 0.342 e. The first kappa shape index (κ1) is 20.9. The first-order chi connectivity index (χ1) is 10.7. The molecular weight excluding hydrogens is 280 g/mol. The predicted molar refractivity (Wildman–Crippen MR) is 89.5 cm³/mol. The summed E-state index contributed by atoms with van der Waals surface area (Å²) in [6.45, 7) is 2.21. The molecule has 0 saturated heterocycles. The van der Waals surface area contributed by atoms with E-state index in [1.807, 2.05) is 12.2 Å². The molecular formula is C18H32O4. The Morgan fingerprint density at radius 2 is 1.82 bits per heavy atom. The Morgan fingerprint density at radius 3 is 2.55 bits per heavy atom. The van der Waals surface area contributed by atoms with E-state index in [2.05, 4.69) is 24.0 Å². The molecule has 0 heterocycles. The molecule has 128 valence electrons. The van der Waals surface area contributed by atoms with Crippen LogP contribution in [0.5, 0.6) is 0 Å². The highest BCUT2D eigenvalue weighted by atomic mass is 17.1. The van der Waals surface area contributed by atoms with Gasteiger partial charge in [-0.2, -0.15) is 5.26 Å². The van der Waals surface area contributed by atoms with E-state index >= 15 is 0 Å². The van der Waals surface area contributed by atoms with Crippen molar-refractivity contribution in [2.75, 3.05) is 0 Å². The van der Waals surface area contributed by atoms with Crippen LogP contribution in [0.25, 0.3) is 0 Å². The van der Waals surface area contributed by atoms with Gasteiger partial charge in [0.2, 0.25) is 0 Å². The molecule has 2 N–H and O–H groups in total. The van der Waals surface area contributed by atoms with Crippen LogP contribution in [0.4, 0.5) is 0 Å². The summed E-state index contributed by atoms with van der Waals surface area (Å²) in [5.41, 5.74) is 0. The van der Waals surface area contributed by atoms with E-state index in [9.17, 15) is 9.90 Å². The number of allylic oxidation sites excluding steroid dienone is 3.